The van der Waals surface area contributed by atoms with Crippen molar-refractivity contribution in [1.29, 1.82) is 0 Å². The van der Waals surface area contributed by atoms with Crippen LogP contribution < -0.4 is 5.73 Å². The Labute approximate surface area is 283 Å². The Bertz CT molecular complexity index is 1410. The molecule has 1 amide bonds. The second-order valence-electron chi connectivity index (χ2n) is 13.4. The van der Waals surface area contributed by atoms with E-state index < -0.39 is 53.1 Å². The number of hydrogen-bond donors (Lipinski definition) is 1. The minimum atomic E-state index is -1.15. The number of carbonyl (C=O) groups is 3. The lowest BCUT2D eigenvalue weighted by molar-refractivity contribution is -0.171. The number of carbonyl (C=O) groups excluding carboxylic acids is 3. The van der Waals surface area contributed by atoms with Crippen LogP contribution in [-0.2, 0) is 30.3 Å². The number of Topliss-reactive ketones (excluding diaryl/α,β-unsaturated/α-hetero) is 1. The molecule has 258 valence electrons. The number of nitrogens with two attached hydrogens (primary N) is 1. The van der Waals surface area contributed by atoms with Gasteiger partial charge in [-0.3, -0.25) is 19.2 Å². The number of esters is 1. The van der Waals surface area contributed by atoms with Crippen molar-refractivity contribution in [1.82, 2.24) is 29.8 Å². The van der Waals surface area contributed by atoms with Gasteiger partial charge in [-0.05, 0) is 79.2 Å². The molecule has 0 aliphatic carbocycles. The Hall–Kier alpha value is -3.04. The van der Waals surface area contributed by atoms with Crippen LogP contribution in [0.15, 0.2) is 12.4 Å². The van der Waals surface area contributed by atoms with E-state index in [4.69, 9.17) is 27.8 Å². The van der Waals surface area contributed by atoms with E-state index in [1.54, 1.807) is 36.7 Å². The van der Waals surface area contributed by atoms with Gasteiger partial charge in [0, 0.05) is 38.4 Å². The first kappa shape index (κ1) is 36.8. The molecule has 0 spiro atoms. The first-order chi connectivity index (χ1) is 22.2. The highest BCUT2D eigenvalue weighted by atomic mass is 32.1. The molecule has 47 heavy (non-hydrogen) atoms. The highest BCUT2D eigenvalue weighted by Crippen LogP contribution is 2.41. The molecule has 8 atom stereocenters. The number of ketones is 1. The van der Waals surface area contributed by atoms with Crippen molar-refractivity contribution in [3.63, 3.8) is 0 Å². The number of hydrogen-bond acceptors (Lipinski definition) is 12. The number of ether oxygens (including phenoxy) is 3. The Morgan fingerprint density at radius 2 is 1.87 bits per heavy atom. The zero-order valence-corrected chi connectivity index (χ0v) is 29.8. The number of aryl methyl sites for hydroxylation is 1. The topological polar surface area (TPSA) is 155 Å². The summed E-state index contributed by atoms with van der Waals surface area (Å²) in [6, 6.07) is -0.590. The van der Waals surface area contributed by atoms with Crippen LogP contribution >= 0.6 is 11.3 Å². The number of cyclic esters (lactones) is 1. The van der Waals surface area contributed by atoms with Crippen LogP contribution in [0.5, 0.6) is 0 Å². The predicted molar refractivity (Wildman–Crippen MR) is 180 cm³/mol. The molecule has 4 rings (SSSR count). The number of thiazole rings is 1. The van der Waals surface area contributed by atoms with Gasteiger partial charge in [-0.15, -0.1) is 5.10 Å². The highest BCUT2D eigenvalue weighted by Gasteiger charge is 2.59. The molecule has 0 aromatic carbocycles. The van der Waals surface area contributed by atoms with Crippen molar-refractivity contribution in [2.75, 3.05) is 33.0 Å². The smallest absolute Gasteiger partial charge is 0.410 e. The SMILES string of the molecule is [B][C@@H]1[C@@H](C)C(=O)[C@@H](C)C(=O)O[C@H](CC)[C@@]2(C)OC(=O)N(CCCCn3cc(-c4cnc(N)s4)nn3)[C@@H]2[C@H](C)N(C)CCC[C@@]1(C)OC. The molecule has 2 N–H and O–H groups in total. The van der Waals surface area contributed by atoms with Crippen LogP contribution in [0.4, 0.5) is 9.93 Å². The maximum absolute atomic E-state index is 13.6. The van der Waals surface area contributed by atoms with Crippen LogP contribution in [0.3, 0.4) is 0 Å². The van der Waals surface area contributed by atoms with Gasteiger partial charge in [0.15, 0.2) is 10.7 Å². The van der Waals surface area contributed by atoms with Crippen molar-refractivity contribution in [2.45, 2.75) is 115 Å². The van der Waals surface area contributed by atoms with Crippen LogP contribution in [0.2, 0.25) is 5.82 Å². The fraction of sp³-hybridized carbons (Fsp3) is 0.750. The van der Waals surface area contributed by atoms with Gasteiger partial charge in [-0.1, -0.05) is 30.4 Å². The molecule has 2 aliphatic heterocycles. The molecule has 15 heteroatoms. The number of aromatic nitrogens is 4. The van der Waals surface area contributed by atoms with E-state index in [-0.39, 0.29) is 11.8 Å². The highest BCUT2D eigenvalue weighted by molar-refractivity contribution is 7.18. The second kappa shape index (κ2) is 15.0. The molecule has 0 unspecified atom stereocenters. The van der Waals surface area contributed by atoms with Gasteiger partial charge < -0.3 is 24.8 Å². The Balaban J connectivity index is 1.55. The van der Waals surface area contributed by atoms with Crippen molar-refractivity contribution >= 4 is 42.2 Å². The molecule has 4 heterocycles. The van der Waals surface area contributed by atoms with Crippen LogP contribution in [-0.4, -0.2) is 112 Å². The maximum Gasteiger partial charge on any atom is 0.410 e. The average Bonchev–Trinajstić information content (AvgIpc) is 3.76. The molecule has 0 saturated carbocycles. The van der Waals surface area contributed by atoms with E-state index in [9.17, 15) is 14.4 Å². The number of nitrogens with zero attached hydrogens (tertiary/aromatic N) is 6. The zero-order chi connectivity index (χ0) is 34.7. The molecular formula is C32H50BN7O6S. The number of likely N-dealkylation sites (N-methyl/N-ethyl adjacent to an activating group) is 1. The summed E-state index contributed by atoms with van der Waals surface area (Å²) in [5.74, 6) is -3.25. The number of nitrogen functional groups attached to an aromatic ring is 1. The quantitative estimate of drug-likeness (QED) is 0.188. The summed E-state index contributed by atoms with van der Waals surface area (Å²) in [7, 11) is 10.2. The third kappa shape index (κ3) is 7.67. The first-order valence-electron chi connectivity index (χ1n) is 16.5. The summed E-state index contributed by atoms with van der Waals surface area (Å²) in [5, 5.41) is 8.94. The predicted octanol–water partition coefficient (Wildman–Crippen LogP) is 3.98. The number of anilines is 1. The fourth-order valence-electron chi connectivity index (χ4n) is 7.03. The number of unbranched alkanes of at least 4 members (excludes halogenated alkanes) is 1. The third-order valence-corrected chi connectivity index (χ3v) is 11.2. The number of amides is 1. The zero-order valence-electron chi connectivity index (χ0n) is 29.0. The van der Waals surface area contributed by atoms with Gasteiger partial charge in [0.05, 0.1) is 30.6 Å². The average molecular weight is 672 g/mol. The summed E-state index contributed by atoms with van der Waals surface area (Å²) in [5.41, 5.74) is 4.54. The number of methoxy groups -OCH3 is 1. The lowest BCUT2D eigenvalue weighted by atomic mass is 9.63. The van der Waals surface area contributed by atoms with Crippen LogP contribution in [0.25, 0.3) is 10.6 Å². The van der Waals surface area contributed by atoms with Crippen molar-refractivity contribution in [3.8, 4) is 10.6 Å². The third-order valence-electron chi connectivity index (χ3n) is 10.4. The van der Waals surface area contributed by atoms with Crippen LogP contribution in [0.1, 0.15) is 73.6 Å². The molecule has 0 bridgehead atoms. The summed E-state index contributed by atoms with van der Waals surface area (Å²) < 4.78 is 19.9. The molecule has 2 radical (unpaired) electrons. The van der Waals surface area contributed by atoms with Crippen molar-refractivity contribution < 1.29 is 28.6 Å². The van der Waals surface area contributed by atoms with Gasteiger partial charge in [-0.25, -0.2) is 9.78 Å². The largest absolute Gasteiger partial charge is 0.458 e. The minimum absolute atomic E-state index is 0.158. The second-order valence-corrected chi connectivity index (χ2v) is 14.5. The lowest BCUT2D eigenvalue weighted by Crippen LogP contribution is -2.60. The monoisotopic (exact) mass is 671 g/mol. The minimum Gasteiger partial charge on any atom is -0.458 e. The van der Waals surface area contributed by atoms with E-state index in [1.165, 1.54) is 11.3 Å². The molecule has 2 aliphatic rings. The van der Waals surface area contributed by atoms with E-state index in [0.717, 1.165) is 17.7 Å². The first-order valence-corrected chi connectivity index (χ1v) is 17.3. The van der Waals surface area contributed by atoms with Crippen molar-refractivity contribution in [2.24, 2.45) is 11.8 Å². The number of rotatable bonds is 8. The van der Waals surface area contributed by atoms with Gasteiger partial charge in [0.25, 0.3) is 0 Å². The van der Waals surface area contributed by atoms with Gasteiger partial charge in [-0.2, -0.15) is 0 Å². The molecule has 2 fully saturated rings. The Morgan fingerprint density at radius 3 is 2.51 bits per heavy atom. The van der Waals surface area contributed by atoms with Gasteiger partial charge in [0.2, 0.25) is 0 Å². The molecular weight excluding hydrogens is 621 g/mol. The summed E-state index contributed by atoms with van der Waals surface area (Å²) in [4.78, 5) is 49.5. The maximum atomic E-state index is 13.6. The summed E-state index contributed by atoms with van der Waals surface area (Å²) >= 11 is 1.35. The lowest BCUT2D eigenvalue weighted by Gasteiger charge is -2.43. The molecule has 13 nitrogen and oxygen atoms in total. The van der Waals surface area contributed by atoms with Crippen molar-refractivity contribution in [3.05, 3.63) is 12.4 Å². The summed E-state index contributed by atoms with van der Waals surface area (Å²) in [6.07, 6.45) is 5.50. The standard InChI is InChI=1S/C32H50BN7O6S/c1-9-24-32(6)27(40(30(43)46-32)16-11-10-15-39-18-22(36-37-39)23-17-35-29(34)47-23)21(4)38(7)14-12-13-31(5,44-8)26(33)19(2)25(41)20(3)28(42)45-24/h17-21,24,26-27H,9-16H2,1-8H3,(H2,34,35)/t19-,20+,21-,24+,26+,27+,31+,32+/m0/s1. The van der Waals surface area contributed by atoms with Crippen LogP contribution in [0, 0.1) is 11.8 Å². The van der Waals surface area contributed by atoms with Gasteiger partial charge in [0.1, 0.15) is 23.5 Å². The van der Waals surface area contributed by atoms with E-state index >= 15 is 0 Å². The van der Waals surface area contributed by atoms with E-state index in [0.29, 0.717) is 49.7 Å². The molecule has 2 aromatic rings. The normalized spacial score (nSPS) is 33.2. The Kier molecular flexibility index (Phi) is 11.8. The van der Waals surface area contributed by atoms with E-state index in [1.807, 2.05) is 34.0 Å². The Morgan fingerprint density at radius 1 is 1.17 bits per heavy atom. The molecule has 2 aromatic heterocycles. The molecule has 2 saturated heterocycles. The van der Waals surface area contributed by atoms with E-state index in [2.05, 4.69) is 27.1 Å². The van der Waals surface area contributed by atoms with Gasteiger partial charge >= 0.3 is 12.1 Å². The summed E-state index contributed by atoms with van der Waals surface area (Å²) in [6.45, 7) is 12.8. The number of fused-ring (bicyclic) bond motifs is 1. The fourth-order valence-corrected chi connectivity index (χ4v) is 7.67.